The van der Waals surface area contributed by atoms with Gasteiger partial charge in [-0.1, -0.05) is 24.2 Å². The van der Waals surface area contributed by atoms with Crippen LogP contribution in [0.15, 0.2) is 29.4 Å². The SMILES string of the molecule is COc1cccc(-n2c(CN)nnc2SC[C@@H]2CCC[C@H](N)C2)c1. The van der Waals surface area contributed by atoms with Crippen LogP contribution < -0.4 is 16.2 Å². The number of nitrogens with two attached hydrogens (primary N) is 2. The number of hydrogen-bond donors (Lipinski definition) is 2. The molecule has 0 radical (unpaired) electrons. The standard InChI is InChI=1S/C17H25N5OS/c1-23-15-7-3-6-14(9-15)22-16(10-18)20-21-17(22)24-11-12-4-2-5-13(19)8-12/h3,6-7,9,12-13H,2,4-5,8,10-11,18-19H2,1H3/t12-,13+/m1/s1. The fourth-order valence-corrected chi connectivity index (χ4v) is 4.34. The quantitative estimate of drug-likeness (QED) is 0.779. The number of benzene rings is 1. The van der Waals surface area contributed by atoms with E-state index in [9.17, 15) is 0 Å². The van der Waals surface area contributed by atoms with Gasteiger partial charge in [0.15, 0.2) is 11.0 Å². The predicted molar refractivity (Wildman–Crippen MR) is 96.5 cm³/mol. The zero-order valence-corrected chi connectivity index (χ0v) is 14.8. The summed E-state index contributed by atoms with van der Waals surface area (Å²) in [5.74, 6) is 3.22. The average Bonchev–Trinajstić information content (AvgIpc) is 3.03. The van der Waals surface area contributed by atoms with Gasteiger partial charge < -0.3 is 16.2 Å². The molecule has 4 N–H and O–H groups in total. The van der Waals surface area contributed by atoms with E-state index in [0.717, 1.165) is 41.0 Å². The van der Waals surface area contributed by atoms with Gasteiger partial charge in [0.1, 0.15) is 5.75 Å². The number of hydrogen-bond acceptors (Lipinski definition) is 6. The van der Waals surface area contributed by atoms with Crippen LogP contribution in [0.4, 0.5) is 0 Å². The lowest BCUT2D eigenvalue weighted by Gasteiger charge is -2.26. The Morgan fingerprint density at radius 3 is 2.96 bits per heavy atom. The topological polar surface area (TPSA) is 92.0 Å². The van der Waals surface area contributed by atoms with Crippen molar-refractivity contribution in [3.05, 3.63) is 30.1 Å². The molecule has 0 unspecified atom stereocenters. The van der Waals surface area contributed by atoms with Gasteiger partial charge in [-0.05, 0) is 37.3 Å². The van der Waals surface area contributed by atoms with Crippen LogP contribution in [0.3, 0.4) is 0 Å². The molecule has 1 aliphatic rings. The van der Waals surface area contributed by atoms with Crippen molar-refractivity contribution in [2.45, 2.75) is 43.4 Å². The maximum Gasteiger partial charge on any atom is 0.195 e. The third-order valence-corrected chi connectivity index (χ3v) is 5.63. The van der Waals surface area contributed by atoms with Gasteiger partial charge in [0, 0.05) is 17.9 Å². The summed E-state index contributed by atoms with van der Waals surface area (Å²) in [6, 6.07) is 8.23. The molecule has 1 aromatic heterocycles. The minimum atomic E-state index is 0.346. The van der Waals surface area contributed by atoms with Gasteiger partial charge in [0.05, 0.1) is 19.3 Å². The van der Waals surface area contributed by atoms with Crippen molar-refractivity contribution in [1.29, 1.82) is 0 Å². The highest BCUT2D eigenvalue weighted by Gasteiger charge is 2.21. The van der Waals surface area contributed by atoms with Gasteiger partial charge in [-0.3, -0.25) is 4.57 Å². The summed E-state index contributed by atoms with van der Waals surface area (Å²) < 4.78 is 7.35. The number of rotatable bonds is 6. The zero-order valence-electron chi connectivity index (χ0n) is 14.0. The van der Waals surface area contributed by atoms with E-state index in [2.05, 4.69) is 10.2 Å². The first-order valence-electron chi connectivity index (χ1n) is 8.38. The normalized spacial score (nSPS) is 21.0. The molecular weight excluding hydrogens is 322 g/mol. The molecule has 1 fully saturated rings. The first kappa shape index (κ1) is 17.3. The van der Waals surface area contributed by atoms with E-state index in [1.54, 1.807) is 18.9 Å². The maximum atomic E-state index is 6.10. The van der Waals surface area contributed by atoms with E-state index >= 15 is 0 Å². The number of ether oxygens (including phenoxy) is 1. The van der Waals surface area contributed by atoms with Gasteiger partial charge in [0.2, 0.25) is 0 Å². The second-order valence-electron chi connectivity index (χ2n) is 6.24. The molecule has 0 saturated heterocycles. The molecule has 130 valence electrons. The van der Waals surface area contributed by atoms with Crippen LogP contribution in [0.2, 0.25) is 0 Å². The molecule has 0 bridgehead atoms. The van der Waals surface area contributed by atoms with E-state index in [4.69, 9.17) is 16.2 Å². The van der Waals surface area contributed by atoms with Crippen LogP contribution in [0, 0.1) is 5.92 Å². The van der Waals surface area contributed by atoms with E-state index in [1.807, 2.05) is 28.8 Å². The summed E-state index contributed by atoms with van der Waals surface area (Å²) in [6.45, 7) is 0.346. The monoisotopic (exact) mass is 347 g/mol. The molecule has 0 amide bonds. The predicted octanol–water partition coefficient (Wildman–Crippen LogP) is 2.34. The molecule has 7 heteroatoms. The molecule has 0 aliphatic heterocycles. The third-order valence-electron chi connectivity index (χ3n) is 4.47. The van der Waals surface area contributed by atoms with Gasteiger partial charge in [0.25, 0.3) is 0 Å². The highest BCUT2D eigenvalue weighted by molar-refractivity contribution is 7.99. The molecule has 1 saturated carbocycles. The van der Waals surface area contributed by atoms with E-state index < -0.39 is 0 Å². The summed E-state index contributed by atoms with van der Waals surface area (Å²) in [5.41, 5.74) is 12.9. The van der Waals surface area contributed by atoms with E-state index in [1.165, 1.54) is 12.8 Å². The van der Waals surface area contributed by atoms with Crippen molar-refractivity contribution in [2.75, 3.05) is 12.9 Å². The molecule has 1 heterocycles. The highest BCUT2D eigenvalue weighted by atomic mass is 32.2. The average molecular weight is 347 g/mol. The van der Waals surface area contributed by atoms with Crippen LogP contribution >= 0.6 is 11.8 Å². The summed E-state index contributed by atoms with van der Waals surface area (Å²) in [7, 11) is 1.66. The number of methoxy groups -OCH3 is 1. The van der Waals surface area contributed by atoms with Gasteiger partial charge >= 0.3 is 0 Å². The number of nitrogens with zero attached hydrogens (tertiary/aromatic N) is 3. The lowest BCUT2D eigenvalue weighted by molar-refractivity contribution is 0.349. The van der Waals surface area contributed by atoms with Crippen molar-refractivity contribution in [3.8, 4) is 11.4 Å². The van der Waals surface area contributed by atoms with Crippen molar-refractivity contribution in [2.24, 2.45) is 17.4 Å². The van der Waals surface area contributed by atoms with Crippen molar-refractivity contribution >= 4 is 11.8 Å². The summed E-state index contributed by atoms with van der Waals surface area (Å²) in [5, 5.41) is 9.47. The first-order valence-corrected chi connectivity index (χ1v) is 9.37. The Hall–Kier alpha value is -1.57. The van der Waals surface area contributed by atoms with E-state index in [0.29, 0.717) is 18.5 Å². The minimum absolute atomic E-state index is 0.346. The molecule has 6 nitrogen and oxygen atoms in total. The third kappa shape index (κ3) is 3.91. The Bertz CT molecular complexity index is 675. The van der Waals surface area contributed by atoms with Gasteiger partial charge in [-0.15, -0.1) is 10.2 Å². The first-order chi connectivity index (χ1) is 11.7. The fourth-order valence-electron chi connectivity index (χ4n) is 3.21. The van der Waals surface area contributed by atoms with Crippen molar-refractivity contribution in [1.82, 2.24) is 14.8 Å². The summed E-state index contributed by atoms with van der Waals surface area (Å²) in [6.07, 6.45) is 4.73. The molecule has 1 aliphatic carbocycles. The molecule has 2 aromatic rings. The van der Waals surface area contributed by atoms with E-state index in [-0.39, 0.29) is 0 Å². The molecule has 24 heavy (non-hydrogen) atoms. The molecular formula is C17H25N5OS. The van der Waals surface area contributed by atoms with Gasteiger partial charge in [-0.2, -0.15) is 0 Å². The van der Waals surface area contributed by atoms with Crippen LogP contribution in [0.5, 0.6) is 5.75 Å². The molecule has 1 aromatic carbocycles. The summed E-state index contributed by atoms with van der Waals surface area (Å²) >= 11 is 1.74. The minimum Gasteiger partial charge on any atom is -0.497 e. The zero-order chi connectivity index (χ0) is 16.9. The Morgan fingerprint density at radius 1 is 1.33 bits per heavy atom. The number of thioether (sulfide) groups is 1. The lowest BCUT2D eigenvalue weighted by atomic mass is 9.87. The van der Waals surface area contributed by atoms with Crippen LogP contribution in [-0.2, 0) is 6.54 Å². The van der Waals surface area contributed by atoms with Crippen molar-refractivity contribution < 1.29 is 4.74 Å². The van der Waals surface area contributed by atoms with Crippen LogP contribution in [-0.4, -0.2) is 33.7 Å². The van der Waals surface area contributed by atoms with Crippen LogP contribution in [0.1, 0.15) is 31.5 Å². The van der Waals surface area contributed by atoms with Gasteiger partial charge in [-0.25, -0.2) is 0 Å². The Balaban J connectivity index is 1.79. The van der Waals surface area contributed by atoms with Crippen molar-refractivity contribution in [3.63, 3.8) is 0 Å². The number of aromatic nitrogens is 3. The smallest absolute Gasteiger partial charge is 0.195 e. The Labute approximate surface area is 147 Å². The second kappa shape index (κ2) is 8.00. The largest absolute Gasteiger partial charge is 0.497 e. The fraction of sp³-hybridized carbons (Fsp3) is 0.529. The van der Waals surface area contributed by atoms with Crippen LogP contribution in [0.25, 0.3) is 5.69 Å². The summed E-state index contributed by atoms with van der Waals surface area (Å²) in [4.78, 5) is 0. The lowest BCUT2D eigenvalue weighted by Crippen LogP contribution is -2.28. The maximum absolute atomic E-state index is 6.10. The second-order valence-corrected chi connectivity index (χ2v) is 7.23. The molecule has 2 atom stereocenters. The Morgan fingerprint density at radius 2 is 2.21 bits per heavy atom. The Kier molecular flexibility index (Phi) is 5.76. The molecule has 0 spiro atoms. The highest BCUT2D eigenvalue weighted by Crippen LogP contribution is 2.30. The molecule has 3 rings (SSSR count).